The van der Waals surface area contributed by atoms with Gasteiger partial charge in [0.25, 0.3) is 0 Å². The highest BCUT2D eigenvalue weighted by molar-refractivity contribution is 5.09. The van der Waals surface area contributed by atoms with E-state index in [0.717, 1.165) is 12.6 Å². The van der Waals surface area contributed by atoms with Gasteiger partial charge in [-0.05, 0) is 18.9 Å². The maximum absolute atomic E-state index is 12.4. The normalized spacial score (nSPS) is 21.5. The van der Waals surface area contributed by atoms with E-state index in [1.807, 2.05) is 0 Å². The van der Waals surface area contributed by atoms with E-state index < -0.39 is 11.9 Å². The van der Waals surface area contributed by atoms with Gasteiger partial charge in [0.15, 0.2) is 5.69 Å². The van der Waals surface area contributed by atoms with Crippen LogP contribution in [0.2, 0.25) is 0 Å². The first-order valence-electron chi connectivity index (χ1n) is 4.84. The molecule has 6 heteroatoms. The van der Waals surface area contributed by atoms with Gasteiger partial charge >= 0.3 is 6.18 Å². The number of fused-ring (bicyclic) bond motifs is 1. The number of halogens is 3. The van der Waals surface area contributed by atoms with Gasteiger partial charge in [-0.2, -0.15) is 13.2 Å². The van der Waals surface area contributed by atoms with Gasteiger partial charge in [-0.25, -0.2) is 4.98 Å². The third-order valence-electron chi connectivity index (χ3n) is 2.71. The average Bonchev–Trinajstić information content (AvgIpc) is 2.59. The first-order chi connectivity index (χ1) is 7.00. The summed E-state index contributed by atoms with van der Waals surface area (Å²) in [6.07, 6.45) is -1.86. The van der Waals surface area contributed by atoms with Gasteiger partial charge < -0.3 is 10.3 Å². The molecule has 1 aliphatic rings. The Bertz CT molecular complexity index is 356. The second kappa shape index (κ2) is 3.52. The lowest BCUT2D eigenvalue weighted by Gasteiger charge is -2.21. The van der Waals surface area contributed by atoms with Gasteiger partial charge in [0, 0.05) is 19.2 Å². The Morgan fingerprint density at radius 3 is 2.87 bits per heavy atom. The monoisotopic (exact) mass is 219 g/mol. The number of hydrogen-bond donors (Lipinski definition) is 1. The van der Waals surface area contributed by atoms with Gasteiger partial charge in [0.1, 0.15) is 5.82 Å². The molecule has 84 valence electrons. The van der Waals surface area contributed by atoms with Crippen molar-refractivity contribution in [3.05, 3.63) is 17.7 Å². The standard InChI is InChI=1S/C9H12F3N3/c10-9(11,12)7-5-15-4-6(3-13)1-2-8(15)14-7/h5-6H,1-4,13H2/t6-/m1/s1. The Morgan fingerprint density at radius 2 is 2.27 bits per heavy atom. The average molecular weight is 219 g/mol. The fourth-order valence-electron chi connectivity index (χ4n) is 1.84. The van der Waals surface area contributed by atoms with Gasteiger partial charge in [0.05, 0.1) is 0 Å². The number of nitrogens with zero attached hydrogens (tertiary/aromatic N) is 2. The van der Waals surface area contributed by atoms with Crippen molar-refractivity contribution in [1.82, 2.24) is 9.55 Å². The molecule has 0 saturated heterocycles. The summed E-state index contributed by atoms with van der Waals surface area (Å²) >= 11 is 0. The zero-order chi connectivity index (χ0) is 11.1. The molecule has 2 heterocycles. The first-order valence-corrected chi connectivity index (χ1v) is 4.84. The van der Waals surface area contributed by atoms with Crippen molar-refractivity contribution < 1.29 is 13.2 Å². The molecule has 0 radical (unpaired) electrons. The fourth-order valence-corrected chi connectivity index (χ4v) is 1.84. The van der Waals surface area contributed by atoms with Crippen LogP contribution < -0.4 is 5.73 Å². The van der Waals surface area contributed by atoms with Gasteiger partial charge in [-0.3, -0.25) is 0 Å². The van der Waals surface area contributed by atoms with Crippen LogP contribution in [0.1, 0.15) is 17.9 Å². The molecule has 15 heavy (non-hydrogen) atoms. The van der Waals surface area contributed by atoms with Crippen molar-refractivity contribution >= 4 is 0 Å². The Hall–Kier alpha value is -1.04. The van der Waals surface area contributed by atoms with Crippen LogP contribution >= 0.6 is 0 Å². The largest absolute Gasteiger partial charge is 0.434 e. The van der Waals surface area contributed by atoms with Crippen LogP contribution in [-0.2, 0) is 19.1 Å². The predicted molar refractivity (Wildman–Crippen MR) is 48.1 cm³/mol. The molecular formula is C9H12F3N3. The molecular weight excluding hydrogens is 207 g/mol. The SMILES string of the molecule is NC[C@H]1CCc2nc(C(F)(F)F)cn2C1. The van der Waals surface area contributed by atoms with E-state index in [-0.39, 0.29) is 5.92 Å². The van der Waals surface area contributed by atoms with Gasteiger partial charge in [0.2, 0.25) is 0 Å². The molecule has 1 aromatic rings. The second-order valence-corrected chi connectivity index (χ2v) is 3.83. The van der Waals surface area contributed by atoms with Crippen LogP contribution in [-0.4, -0.2) is 16.1 Å². The van der Waals surface area contributed by atoms with E-state index in [0.29, 0.717) is 25.3 Å². The summed E-state index contributed by atoms with van der Waals surface area (Å²) in [4.78, 5) is 3.59. The molecule has 0 unspecified atom stereocenters. The van der Waals surface area contributed by atoms with E-state index >= 15 is 0 Å². The zero-order valence-electron chi connectivity index (χ0n) is 8.09. The molecule has 2 rings (SSSR count). The molecule has 0 bridgehead atoms. The van der Waals surface area contributed by atoms with Crippen molar-refractivity contribution in [3.8, 4) is 0 Å². The summed E-state index contributed by atoms with van der Waals surface area (Å²) < 4.78 is 38.6. The van der Waals surface area contributed by atoms with Crippen molar-refractivity contribution in [2.24, 2.45) is 11.7 Å². The van der Waals surface area contributed by atoms with Crippen LogP contribution in [0.5, 0.6) is 0 Å². The molecule has 0 spiro atoms. The number of rotatable bonds is 1. The Balaban J connectivity index is 2.26. The molecule has 2 N–H and O–H groups in total. The second-order valence-electron chi connectivity index (χ2n) is 3.83. The quantitative estimate of drug-likeness (QED) is 0.776. The van der Waals surface area contributed by atoms with E-state index in [9.17, 15) is 13.2 Å². The minimum absolute atomic E-state index is 0.271. The van der Waals surface area contributed by atoms with Gasteiger partial charge in [-0.15, -0.1) is 0 Å². The fraction of sp³-hybridized carbons (Fsp3) is 0.667. The predicted octanol–water partition coefficient (Wildman–Crippen LogP) is 1.42. The summed E-state index contributed by atoms with van der Waals surface area (Å²) in [5.41, 5.74) is 4.70. The van der Waals surface area contributed by atoms with Crippen LogP contribution in [0.4, 0.5) is 13.2 Å². The molecule has 0 aromatic carbocycles. The maximum atomic E-state index is 12.4. The number of aryl methyl sites for hydroxylation is 1. The topological polar surface area (TPSA) is 43.8 Å². The lowest BCUT2D eigenvalue weighted by molar-refractivity contribution is -0.141. The summed E-state index contributed by atoms with van der Waals surface area (Å²) in [7, 11) is 0. The van der Waals surface area contributed by atoms with Crippen LogP contribution in [0, 0.1) is 5.92 Å². The van der Waals surface area contributed by atoms with Crippen molar-refractivity contribution in [3.63, 3.8) is 0 Å². The summed E-state index contributed by atoms with van der Waals surface area (Å²) in [5, 5.41) is 0. The molecule has 1 aliphatic heterocycles. The van der Waals surface area contributed by atoms with Crippen LogP contribution in [0.15, 0.2) is 6.20 Å². The van der Waals surface area contributed by atoms with Crippen LogP contribution in [0.3, 0.4) is 0 Å². The number of nitrogens with two attached hydrogens (primary N) is 1. The molecule has 1 aromatic heterocycles. The minimum atomic E-state index is -4.34. The lowest BCUT2D eigenvalue weighted by Crippen LogP contribution is -2.25. The van der Waals surface area contributed by atoms with E-state index in [1.165, 1.54) is 0 Å². The molecule has 0 amide bonds. The van der Waals surface area contributed by atoms with Gasteiger partial charge in [-0.1, -0.05) is 0 Å². The molecule has 0 fully saturated rings. The maximum Gasteiger partial charge on any atom is 0.434 e. The first kappa shape index (κ1) is 10.5. The molecule has 3 nitrogen and oxygen atoms in total. The van der Waals surface area contributed by atoms with E-state index in [2.05, 4.69) is 4.98 Å². The van der Waals surface area contributed by atoms with Crippen molar-refractivity contribution in [1.29, 1.82) is 0 Å². The number of alkyl halides is 3. The Labute approximate surface area is 85.1 Å². The highest BCUT2D eigenvalue weighted by Gasteiger charge is 2.35. The molecule has 0 aliphatic carbocycles. The highest BCUT2D eigenvalue weighted by Crippen LogP contribution is 2.30. The summed E-state index contributed by atoms with van der Waals surface area (Å²) in [6, 6.07) is 0. The number of imidazole rings is 1. The lowest BCUT2D eigenvalue weighted by atomic mass is 10.00. The smallest absolute Gasteiger partial charge is 0.334 e. The minimum Gasteiger partial charge on any atom is -0.334 e. The number of aromatic nitrogens is 2. The van der Waals surface area contributed by atoms with E-state index in [1.54, 1.807) is 4.57 Å². The van der Waals surface area contributed by atoms with Crippen molar-refractivity contribution in [2.75, 3.05) is 6.54 Å². The Morgan fingerprint density at radius 1 is 1.53 bits per heavy atom. The van der Waals surface area contributed by atoms with Crippen LogP contribution in [0.25, 0.3) is 0 Å². The summed E-state index contributed by atoms with van der Waals surface area (Å²) in [5.74, 6) is 0.791. The molecule has 0 saturated carbocycles. The van der Waals surface area contributed by atoms with Crippen molar-refractivity contribution in [2.45, 2.75) is 25.6 Å². The number of hydrogen-bond acceptors (Lipinski definition) is 2. The third kappa shape index (κ3) is 1.99. The zero-order valence-corrected chi connectivity index (χ0v) is 8.09. The Kier molecular flexibility index (Phi) is 2.46. The van der Waals surface area contributed by atoms with E-state index in [4.69, 9.17) is 5.73 Å². The third-order valence-corrected chi connectivity index (χ3v) is 2.71. The molecule has 1 atom stereocenters. The summed E-state index contributed by atoms with van der Waals surface area (Å²) in [6.45, 7) is 1.06. The highest BCUT2D eigenvalue weighted by atomic mass is 19.4.